The second-order valence-corrected chi connectivity index (χ2v) is 1.80. The third-order valence-corrected chi connectivity index (χ3v) is 0.837. The third-order valence-electron chi connectivity index (χ3n) is 0.837. The highest BCUT2D eigenvalue weighted by atomic mass is 16.5. The highest BCUT2D eigenvalue weighted by Crippen LogP contribution is 1.75. The maximum Gasteiger partial charge on any atom is 0.115 e. The Balaban J connectivity index is 2.79. The second-order valence-electron chi connectivity index (χ2n) is 1.80. The smallest absolute Gasteiger partial charge is 0.115 e. The van der Waals surface area contributed by atoms with Crippen molar-refractivity contribution >= 4 is 0 Å². The SMILES string of the molecule is C=CCOC[N]COCC=C. The lowest BCUT2D eigenvalue weighted by molar-refractivity contribution is 0.0775. The fraction of sp³-hybridized carbons (Fsp3) is 0.500. The molecule has 0 fully saturated rings. The molecule has 0 N–H and O–H groups in total. The quantitative estimate of drug-likeness (QED) is 0.386. The van der Waals surface area contributed by atoms with Crippen LogP contribution in [0.2, 0.25) is 0 Å². The van der Waals surface area contributed by atoms with E-state index in [1.165, 1.54) is 0 Å². The van der Waals surface area contributed by atoms with E-state index in [4.69, 9.17) is 9.47 Å². The Labute approximate surface area is 67.7 Å². The molecular formula is C8H14NO2. The van der Waals surface area contributed by atoms with Gasteiger partial charge in [0.05, 0.1) is 13.2 Å². The minimum Gasteiger partial charge on any atom is -0.361 e. The molecule has 3 heteroatoms. The molecular weight excluding hydrogens is 142 g/mol. The summed E-state index contributed by atoms with van der Waals surface area (Å²) in [4.78, 5) is 0. The summed E-state index contributed by atoms with van der Waals surface area (Å²) in [5.74, 6) is 0. The van der Waals surface area contributed by atoms with Gasteiger partial charge in [-0.25, -0.2) is 0 Å². The van der Waals surface area contributed by atoms with Gasteiger partial charge in [-0.05, 0) is 0 Å². The fourth-order valence-corrected chi connectivity index (χ4v) is 0.438. The van der Waals surface area contributed by atoms with Gasteiger partial charge in [0.2, 0.25) is 0 Å². The summed E-state index contributed by atoms with van der Waals surface area (Å²) in [6, 6.07) is 0. The normalized spacial score (nSPS) is 9.45. The van der Waals surface area contributed by atoms with Gasteiger partial charge in [-0.15, -0.1) is 13.2 Å². The van der Waals surface area contributed by atoms with E-state index in [0.717, 1.165) is 0 Å². The van der Waals surface area contributed by atoms with Gasteiger partial charge in [-0.2, -0.15) is 5.32 Å². The Kier molecular flexibility index (Phi) is 8.82. The van der Waals surface area contributed by atoms with Gasteiger partial charge in [0.25, 0.3) is 0 Å². The zero-order valence-electron chi connectivity index (χ0n) is 6.66. The fourth-order valence-electron chi connectivity index (χ4n) is 0.438. The van der Waals surface area contributed by atoms with Crippen LogP contribution in [0.3, 0.4) is 0 Å². The lowest BCUT2D eigenvalue weighted by Gasteiger charge is -2.01. The molecule has 0 rings (SSSR count). The number of rotatable bonds is 8. The molecule has 0 atom stereocenters. The molecule has 0 bridgehead atoms. The number of hydrogen-bond donors (Lipinski definition) is 0. The van der Waals surface area contributed by atoms with E-state index >= 15 is 0 Å². The Morgan fingerprint density at radius 2 is 1.45 bits per heavy atom. The van der Waals surface area contributed by atoms with Crippen LogP contribution in [0.25, 0.3) is 0 Å². The average Bonchev–Trinajstić information content (AvgIpc) is 2.03. The van der Waals surface area contributed by atoms with Crippen molar-refractivity contribution in [1.29, 1.82) is 0 Å². The molecule has 0 amide bonds. The molecule has 3 nitrogen and oxygen atoms in total. The van der Waals surface area contributed by atoms with Gasteiger partial charge in [-0.3, -0.25) is 0 Å². The molecule has 1 radical (unpaired) electrons. The molecule has 0 aliphatic heterocycles. The first kappa shape index (κ1) is 10.4. The topological polar surface area (TPSA) is 32.6 Å². The molecule has 63 valence electrons. The van der Waals surface area contributed by atoms with Crippen molar-refractivity contribution in [2.45, 2.75) is 0 Å². The molecule has 0 aromatic heterocycles. The van der Waals surface area contributed by atoms with Crippen LogP contribution in [0.5, 0.6) is 0 Å². The van der Waals surface area contributed by atoms with E-state index in [1.807, 2.05) is 0 Å². The maximum atomic E-state index is 4.97. The van der Waals surface area contributed by atoms with E-state index in [-0.39, 0.29) is 0 Å². The van der Waals surface area contributed by atoms with E-state index in [2.05, 4.69) is 18.5 Å². The van der Waals surface area contributed by atoms with Crippen molar-refractivity contribution in [3.8, 4) is 0 Å². The Morgan fingerprint density at radius 1 is 1.00 bits per heavy atom. The monoisotopic (exact) mass is 156 g/mol. The van der Waals surface area contributed by atoms with Gasteiger partial charge < -0.3 is 9.47 Å². The van der Waals surface area contributed by atoms with Crippen LogP contribution in [0, 0.1) is 0 Å². The standard InChI is InChI=1S/C8H14NO2/c1-3-5-10-7-9-8-11-6-4-2/h3-4H,1-2,5-8H2. The lowest BCUT2D eigenvalue weighted by atomic mass is 10.7. The first-order chi connectivity index (χ1) is 5.41. The van der Waals surface area contributed by atoms with Crippen LogP contribution in [-0.2, 0) is 9.47 Å². The molecule has 0 aromatic rings. The predicted molar refractivity (Wildman–Crippen MR) is 44.2 cm³/mol. The summed E-state index contributed by atoms with van der Waals surface area (Å²) in [5.41, 5.74) is 0. The minimum atomic E-state index is 0.364. The van der Waals surface area contributed by atoms with Crippen LogP contribution < -0.4 is 5.32 Å². The first-order valence-corrected chi connectivity index (χ1v) is 3.42. The Hall–Kier alpha value is -0.640. The Morgan fingerprint density at radius 3 is 1.82 bits per heavy atom. The minimum absolute atomic E-state index is 0.364. The second kappa shape index (κ2) is 9.36. The van der Waals surface area contributed by atoms with Gasteiger partial charge >= 0.3 is 0 Å². The predicted octanol–water partition coefficient (Wildman–Crippen LogP) is 0.911. The highest BCUT2D eigenvalue weighted by molar-refractivity contribution is 4.64. The molecule has 11 heavy (non-hydrogen) atoms. The van der Waals surface area contributed by atoms with Crippen molar-refractivity contribution in [3.63, 3.8) is 0 Å². The van der Waals surface area contributed by atoms with Crippen molar-refractivity contribution in [1.82, 2.24) is 5.32 Å². The van der Waals surface area contributed by atoms with Crippen LogP contribution in [0.1, 0.15) is 0 Å². The molecule has 0 spiro atoms. The summed E-state index contributed by atoms with van der Waals surface area (Å²) in [6.45, 7) is 8.79. The Bertz CT molecular complexity index is 92.3. The lowest BCUT2D eigenvalue weighted by Crippen LogP contribution is -2.14. The molecule has 0 saturated heterocycles. The average molecular weight is 156 g/mol. The molecule has 0 aromatic carbocycles. The summed E-state index contributed by atoms with van der Waals surface area (Å²) in [7, 11) is 0. The van der Waals surface area contributed by atoms with E-state index in [1.54, 1.807) is 12.2 Å². The van der Waals surface area contributed by atoms with E-state index in [9.17, 15) is 0 Å². The summed E-state index contributed by atoms with van der Waals surface area (Å²) >= 11 is 0. The van der Waals surface area contributed by atoms with Crippen molar-refractivity contribution in [2.24, 2.45) is 0 Å². The van der Waals surface area contributed by atoms with Crippen LogP contribution in [-0.4, -0.2) is 26.7 Å². The number of hydrogen-bond acceptors (Lipinski definition) is 2. The molecule has 0 unspecified atom stereocenters. The first-order valence-electron chi connectivity index (χ1n) is 3.42. The highest BCUT2D eigenvalue weighted by Gasteiger charge is 1.85. The van der Waals surface area contributed by atoms with Gasteiger partial charge in [0.1, 0.15) is 13.5 Å². The number of ether oxygens (including phenoxy) is 2. The summed E-state index contributed by atoms with van der Waals surface area (Å²) in [6.07, 6.45) is 3.36. The van der Waals surface area contributed by atoms with Crippen LogP contribution in [0.4, 0.5) is 0 Å². The van der Waals surface area contributed by atoms with Crippen molar-refractivity contribution in [3.05, 3.63) is 25.3 Å². The summed E-state index contributed by atoms with van der Waals surface area (Å²) in [5, 5.41) is 3.91. The largest absolute Gasteiger partial charge is 0.361 e. The zero-order chi connectivity index (χ0) is 8.36. The maximum absolute atomic E-state index is 4.97. The van der Waals surface area contributed by atoms with Gasteiger partial charge in [0.15, 0.2) is 0 Å². The van der Waals surface area contributed by atoms with Crippen molar-refractivity contribution < 1.29 is 9.47 Å². The van der Waals surface area contributed by atoms with Crippen LogP contribution >= 0.6 is 0 Å². The molecule has 0 heterocycles. The third kappa shape index (κ3) is 9.36. The van der Waals surface area contributed by atoms with E-state index in [0.29, 0.717) is 26.7 Å². The van der Waals surface area contributed by atoms with E-state index < -0.39 is 0 Å². The van der Waals surface area contributed by atoms with Crippen LogP contribution in [0.15, 0.2) is 25.3 Å². The molecule has 0 saturated carbocycles. The van der Waals surface area contributed by atoms with Gasteiger partial charge in [-0.1, -0.05) is 12.2 Å². The number of nitrogens with zero attached hydrogens (tertiary/aromatic N) is 1. The zero-order valence-corrected chi connectivity index (χ0v) is 6.66. The van der Waals surface area contributed by atoms with Crippen molar-refractivity contribution in [2.75, 3.05) is 26.7 Å². The summed E-state index contributed by atoms with van der Waals surface area (Å²) < 4.78 is 9.94. The van der Waals surface area contributed by atoms with Gasteiger partial charge in [0, 0.05) is 0 Å². The molecule has 0 aliphatic rings. The molecule has 0 aliphatic carbocycles.